The lowest BCUT2D eigenvalue weighted by Gasteiger charge is -2.19. The molecule has 1 fully saturated rings. The Morgan fingerprint density at radius 2 is 2.15 bits per heavy atom. The number of aryl methyl sites for hydroxylation is 1. The van der Waals surface area contributed by atoms with Gasteiger partial charge in [0.05, 0.1) is 12.1 Å². The Labute approximate surface area is 155 Å². The Morgan fingerprint density at radius 1 is 1.35 bits per heavy atom. The normalized spacial score (nSPS) is 19.8. The molecule has 2 aromatic rings. The molecule has 6 heteroatoms. The highest BCUT2D eigenvalue weighted by Gasteiger charge is 2.34. The molecule has 1 saturated heterocycles. The summed E-state index contributed by atoms with van der Waals surface area (Å²) in [5, 5.41) is 10.7. The monoisotopic (exact) mass is 355 g/mol. The van der Waals surface area contributed by atoms with Gasteiger partial charge in [-0.25, -0.2) is 0 Å². The quantitative estimate of drug-likeness (QED) is 0.799. The Morgan fingerprint density at radius 3 is 2.85 bits per heavy atom. The van der Waals surface area contributed by atoms with E-state index in [0.717, 1.165) is 37.4 Å². The average molecular weight is 355 g/mol. The summed E-state index contributed by atoms with van der Waals surface area (Å²) < 4.78 is 1.79. The number of nitrogens with zero attached hydrogens (tertiary/aromatic N) is 3. The van der Waals surface area contributed by atoms with E-state index >= 15 is 0 Å². The summed E-state index contributed by atoms with van der Waals surface area (Å²) in [6.07, 6.45) is 3.87. The van der Waals surface area contributed by atoms with Gasteiger partial charge in [-0.1, -0.05) is 26.0 Å². The van der Waals surface area contributed by atoms with Crippen LogP contribution in [-0.4, -0.2) is 46.8 Å². The van der Waals surface area contributed by atoms with Crippen molar-refractivity contribution in [3.8, 4) is 0 Å². The molecule has 0 saturated carbocycles. The summed E-state index contributed by atoms with van der Waals surface area (Å²) in [4.78, 5) is 15.2. The van der Waals surface area contributed by atoms with Crippen molar-refractivity contribution < 1.29 is 4.79 Å². The summed E-state index contributed by atoms with van der Waals surface area (Å²) in [6.45, 7) is 8.79. The van der Waals surface area contributed by atoms with Crippen LogP contribution in [0.3, 0.4) is 0 Å². The second-order valence-corrected chi connectivity index (χ2v) is 6.97. The third kappa shape index (κ3) is 4.31. The minimum Gasteiger partial charge on any atom is -0.326 e. The van der Waals surface area contributed by atoms with E-state index in [1.807, 2.05) is 31.6 Å². The molecule has 1 aliphatic heterocycles. The lowest BCUT2D eigenvalue weighted by Crippen LogP contribution is -2.28. The fourth-order valence-electron chi connectivity index (χ4n) is 3.62. The zero-order chi connectivity index (χ0) is 18.5. The fourth-order valence-corrected chi connectivity index (χ4v) is 3.62. The second-order valence-electron chi connectivity index (χ2n) is 6.97. The van der Waals surface area contributed by atoms with Crippen LogP contribution in [-0.2, 0) is 18.4 Å². The topological polar surface area (TPSA) is 62.2 Å². The first kappa shape index (κ1) is 18.6. The maximum atomic E-state index is 12.9. The third-order valence-corrected chi connectivity index (χ3v) is 5.20. The lowest BCUT2D eigenvalue weighted by molar-refractivity contribution is -0.119. The van der Waals surface area contributed by atoms with Crippen LogP contribution in [0.25, 0.3) is 0 Å². The highest BCUT2D eigenvalue weighted by molar-refractivity contribution is 5.93. The van der Waals surface area contributed by atoms with Gasteiger partial charge in [-0.05, 0) is 36.3 Å². The summed E-state index contributed by atoms with van der Waals surface area (Å²) in [6, 6.07) is 8.17. The van der Waals surface area contributed by atoms with Crippen LogP contribution >= 0.6 is 0 Å². The van der Waals surface area contributed by atoms with Crippen molar-refractivity contribution in [2.45, 2.75) is 26.3 Å². The van der Waals surface area contributed by atoms with Gasteiger partial charge in [0, 0.05) is 44.5 Å². The van der Waals surface area contributed by atoms with Gasteiger partial charge in [-0.3, -0.25) is 14.4 Å². The molecule has 26 heavy (non-hydrogen) atoms. The van der Waals surface area contributed by atoms with Crippen LogP contribution in [0.15, 0.2) is 36.7 Å². The molecular weight excluding hydrogens is 326 g/mol. The van der Waals surface area contributed by atoms with E-state index in [1.54, 1.807) is 4.68 Å². The summed E-state index contributed by atoms with van der Waals surface area (Å²) in [5.41, 5.74) is 3.21. The number of amides is 1. The van der Waals surface area contributed by atoms with E-state index in [4.69, 9.17) is 0 Å². The predicted molar refractivity (Wildman–Crippen MR) is 104 cm³/mol. The van der Waals surface area contributed by atoms with Crippen molar-refractivity contribution >= 4 is 11.6 Å². The minimum atomic E-state index is -0.0781. The van der Waals surface area contributed by atoms with Crippen LogP contribution < -0.4 is 10.6 Å². The third-order valence-electron chi connectivity index (χ3n) is 5.20. The molecule has 0 unspecified atom stereocenters. The van der Waals surface area contributed by atoms with Crippen molar-refractivity contribution in [1.82, 2.24) is 20.0 Å². The van der Waals surface area contributed by atoms with Crippen LogP contribution in [0.4, 0.5) is 5.69 Å². The van der Waals surface area contributed by atoms with E-state index in [1.165, 1.54) is 5.56 Å². The Balaban J connectivity index is 1.67. The molecule has 1 aliphatic rings. The first-order valence-electron chi connectivity index (χ1n) is 9.42. The molecule has 2 atom stereocenters. The average Bonchev–Trinajstić information content (AvgIpc) is 3.28. The molecule has 140 valence electrons. The first-order valence-corrected chi connectivity index (χ1v) is 9.42. The molecule has 2 heterocycles. The number of aromatic nitrogens is 2. The number of benzene rings is 1. The Hall–Kier alpha value is -2.18. The lowest BCUT2D eigenvalue weighted by atomic mass is 9.90. The maximum absolute atomic E-state index is 12.9. The van der Waals surface area contributed by atoms with E-state index < -0.39 is 0 Å². The first-order chi connectivity index (χ1) is 12.6. The highest BCUT2D eigenvalue weighted by atomic mass is 16.1. The van der Waals surface area contributed by atoms with Gasteiger partial charge in [0.1, 0.15) is 0 Å². The van der Waals surface area contributed by atoms with Gasteiger partial charge in [0.25, 0.3) is 0 Å². The standard InChI is InChI=1S/C20H29N5O/c1-4-25(5-2)13-15-7-6-8-17(9-15)23-20(26)19-12-21-11-18(19)16-10-22-24(3)14-16/h6-10,14,18-19,21H,4-5,11-13H2,1-3H3,(H,23,26)/t18-,19+/m1/s1. The fraction of sp³-hybridized carbons (Fsp3) is 0.500. The largest absolute Gasteiger partial charge is 0.326 e. The predicted octanol–water partition coefficient (Wildman–Crippen LogP) is 2.20. The van der Waals surface area contributed by atoms with Gasteiger partial charge in [-0.2, -0.15) is 5.10 Å². The zero-order valence-corrected chi connectivity index (χ0v) is 15.9. The number of hydrogen-bond acceptors (Lipinski definition) is 4. The number of anilines is 1. The molecule has 1 amide bonds. The van der Waals surface area contributed by atoms with E-state index in [0.29, 0.717) is 6.54 Å². The van der Waals surface area contributed by atoms with Crippen LogP contribution in [0.1, 0.15) is 30.9 Å². The van der Waals surface area contributed by atoms with Crippen LogP contribution in [0, 0.1) is 5.92 Å². The maximum Gasteiger partial charge on any atom is 0.229 e. The molecular formula is C20H29N5O. The van der Waals surface area contributed by atoms with Crippen LogP contribution in [0.2, 0.25) is 0 Å². The van der Waals surface area contributed by atoms with E-state index in [2.05, 4.69) is 46.6 Å². The van der Waals surface area contributed by atoms with Crippen molar-refractivity contribution in [1.29, 1.82) is 0 Å². The summed E-state index contributed by atoms with van der Waals surface area (Å²) in [5.74, 6) is 0.164. The molecule has 0 spiro atoms. The molecule has 2 N–H and O–H groups in total. The molecule has 1 aromatic carbocycles. The summed E-state index contributed by atoms with van der Waals surface area (Å²) >= 11 is 0. The van der Waals surface area contributed by atoms with Gasteiger partial charge >= 0.3 is 0 Å². The Kier molecular flexibility index (Phi) is 6.06. The van der Waals surface area contributed by atoms with Crippen molar-refractivity contribution in [2.24, 2.45) is 13.0 Å². The number of hydrogen-bond donors (Lipinski definition) is 2. The Bertz CT molecular complexity index is 737. The molecule has 0 aliphatic carbocycles. The number of nitrogens with one attached hydrogen (secondary N) is 2. The highest BCUT2D eigenvalue weighted by Crippen LogP contribution is 2.29. The molecule has 0 radical (unpaired) electrons. The molecule has 3 rings (SSSR count). The van der Waals surface area contributed by atoms with E-state index in [9.17, 15) is 4.79 Å². The smallest absolute Gasteiger partial charge is 0.229 e. The van der Waals surface area contributed by atoms with Crippen molar-refractivity contribution in [3.05, 3.63) is 47.8 Å². The van der Waals surface area contributed by atoms with Gasteiger partial charge in [0.15, 0.2) is 0 Å². The number of carbonyl (C=O) groups excluding carboxylic acids is 1. The van der Waals surface area contributed by atoms with E-state index in [-0.39, 0.29) is 17.7 Å². The zero-order valence-electron chi connectivity index (χ0n) is 15.9. The molecule has 0 bridgehead atoms. The van der Waals surface area contributed by atoms with Crippen LogP contribution in [0.5, 0.6) is 0 Å². The molecule has 1 aromatic heterocycles. The van der Waals surface area contributed by atoms with Gasteiger partial charge in [-0.15, -0.1) is 0 Å². The van der Waals surface area contributed by atoms with Gasteiger partial charge < -0.3 is 10.6 Å². The van der Waals surface area contributed by atoms with Crippen molar-refractivity contribution in [3.63, 3.8) is 0 Å². The SMILES string of the molecule is CCN(CC)Cc1cccc(NC(=O)[C@H]2CNC[C@@H]2c2cnn(C)c2)c1. The number of carbonyl (C=O) groups is 1. The minimum absolute atomic E-state index is 0.0730. The molecule has 6 nitrogen and oxygen atoms in total. The summed E-state index contributed by atoms with van der Waals surface area (Å²) in [7, 11) is 1.91. The van der Waals surface area contributed by atoms with Crippen molar-refractivity contribution in [2.75, 3.05) is 31.5 Å². The number of rotatable bonds is 7. The second kappa shape index (κ2) is 8.47. The van der Waals surface area contributed by atoms with Gasteiger partial charge in [0.2, 0.25) is 5.91 Å².